The van der Waals surface area contributed by atoms with Gasteiger partial charge in [0, 0.05) is 5.69 Å². The maximum atomic E-state index is 13.0. The van der Waals surface area contributed by atoms with E-state index >= 15 is 0 Å². The van der Waals surface area contributed by atoms with Gasteiger partial charge in [0.25, 0.3) is 11.8 Å². The van der Waals surface area contributed by atoms with Crippen LogP contribution in [0, 0.1) is 6.92 Å². The van der Waals surface area contributed by atoms with E-state index in [1.807, 2.05) is 19.1 Å². The lowest BCUT2D eigenvalue weighted by Gasteiger charge is -2.17. The van der Waals surface area contributed by atoms with E-state index in [1.54, 1.807) is 60.7 Å². The van der Waals surface area contributed by atoms with Crippen LogP contribution >= 0.6 is 11.6 Å². The van der Waals surface area contributed by atoms with Crippen molar-refractivity contribution in [2.45, 2.75) is 6.92 Å². The van der Waals surface area contributed by atoms with Gasteiger partial charge in [-0.15, -0.1) is 0 Å². The minimum absolute atomic E-state index is 0.0671. The summed E-state index contributed by atoms with van der Waals surface area (Å²) < 4.78 is 10.6. The van der Waals surface area contributed by atoms with E-state index in [2.05, 4.69) is 5.32 Å². The maximum Gasteiger partial charge on any atom is 0.343 e. The van der Waals surface area contributed by atoms with Crippen LogP contribution in [0.2, 0.25) is 0 Å². The summed E-state index contributed by atoms with van der Waals surface area (Å²) in [6, 6.07) is 20.1. The van der Waals surface area contributed by atoms with Crippen molar-refractivity contribution >= 4 is 40.8 Å². The standard InChI is InChI=1S/C25H19ClN2O5/c1-15-7-13-18(14-8-15)33-25(31)16-9-11-17(12-10-16)27-22-21(26)23(29)28(24(22)30)19-5-3-4-6-20(19)32-2/h3-14,27H,1-2H3. The summed E-state index contributed by atoms with van der Waals surface area (Å²) in [6.45, 7) is 1.94. The van der Waals surface area contributed by atoms with Crippen molar-refractivity contribution in [1.82, 2.24) is 0 Å². The molecule has 0 radical (unpaired) electrons. The van der Waals surface area contributed by atoms with E-state index in [0.29, 0.717) is 28.4 Å². The van der Waals surface area contributed by atoms with Gasteiger partial charge in [0.2, 0.25) is 0 Å². The van der Waals surface area contributed by atoms with Gasteiger partial charge in [-0.1, -0.05) is 41.4 Å². The van der Waals surface area contributed by atoms with Crippen LogP contribution in [0.4, 0.5) is 11.4 Å². The van der Waals surface area contributed by atoms with Gasteiger partial charge in [0.05, 0.1) is 18.4 Å². The predicted molar refractivity (Wildman–Crippen MR) is 125 cm³/mol. The molecule has 4 rings (SSSR count). The Morgan fingerprint density at radius 3 is 2.24 bits per heavy atom. The molecule has 3 aromatic rings. The molecule has 1 N–H and O–H groups in total. The average molecular weight is 463 g/mol. The zero-order valence-corrected chi connectivity index (χ0v) is 18.6. The highest BCUT2D eigenvalue weighted by Gasteiger charge is 2.40. The van der Waals surface area contributed by atoms with Crippen LogP contribution in [0.15, 0.2) is 83.5 Å². The number of nitrogens with zero attached hydrogens (tertiary/aromatic N) is 1. The zero-order chi connectivity index (χ0) is 23.5. The Balaban J connectivity index is 1.49. The molecule has 0 aromatic heterocycles. The Morgan fingerprint density at radius 1 is 0.909 bits per heavy atom. The van der Waals surface area contributed by atoms with E-state index in [4.69, 9.17) is 21.1 Å². The number of ether oxygens (including phenoxy) is 2. The molecular weight excluding hydrogens is 444 g/mol. The van der Waals surface area contributed by atoms with Gasteiger partial charge in [-0.3, -0.25) is 9.59 Å². The first-order valence-corrected chi connectivity index (χ1v) is 10.3. The molecule has 7 nitrogen and oxygen atoms in total. The minimum atomic E-state index is -0.660. The molecule has 2 amide bonds. The Kier molecular flexibility index (Phi) is 6.15. The second-order valence-corrected chi connectivity index (χ2v) is 7.59. The number of hydrogen-bond acceptors (Lipinski definition) is 6. The molecule has 0 unspecified atom stereocenters. The smallest absolute Gasteiger partial charge is 0.343 e. The van der Waals surface area contributed by atoms with E-state index in [0.717, 1.165) is 10.5 Å². The molecule has 1 heterocycles. The van der Waals surface area contributed by atoms with Crippen molar-refractivity contribution in [3.05, 3.63) is 94.7 Å². The number of anilines is 2. The molecule has 0 saturated carbocycles. The molecule has 3 aromatic carbocycles. The number of imide groups is 1. The third-order valence-electron chi connectivity index (χ3n) is 4.97. The summed E-state index contributed by atoms with van der Waals surface area (Å²) >= 11 is 6.19. The van der Waals surface area contributed by atoms with Crippen LogP contribution in [0.3, 0.4) is 0 Å². The summed E-state index contributed by atoms with van der Waals surface area (Å²) in [5.74, 6) is -0.987. The first kappa shape index (κ1) is 22.1. The van der Waals surface area contributed by atoms with Gasteiger partial charge in [-0.25, -0.2) is 9.69 Å². The fourth-order valence-electron chi connectivity index (χ4n) is 3.25. The molecule has 0 spiro atoms. The number of methoxy groups -OCH3 is 1. The van der Waals surface area contributed by atoms with E-state index in [1.165, 1.54) is 7.11 Å². The van der Waals surface area contributed by atoms with Crippen LogP contribution in [-0.4, -0.2) is 24.9 Å². The molecule has 1 aliphatic rings. The highest BCUT2D eigenvalue weighted by Crippen LogP contribution is 2.35. The number of halogens is 1. The monoisotopic (exact) mass is 462 g/mol. The summed E-state index contributed by atoms with van der Waals surface area (Å²) in [6.07, 6.45) is 0. The topological polar surface area (TPSA) is 84.9 Å². The van der Waals surface area contributed by atoms with Gasteiger partial charge < -0.3 is 14.8 Å². The molecule has 166 valence electrons. The number of para-hydroxylation sites is 2. The van der Waals surface area contributed by atoms with Gasteiger partial charge in [-0.2, -0.15) is 0 Å². The van der Waals surface area contributed by atoms with Crippen molar-refractivity contribution in [2.75, 3.05) is 17.3 Å². The molecule has 8 heteroatoms. The van der Waals surface area contributed by atoms with Gasteiger partial charge in [0.15, 0.2) is 0 Å². The molecule has 0 aliphatic carbocycles. The zero-order valence-electron chi connectivity index (χ0n) is 17.8. The highest BCUT2D eigenvalue weighted by molar-refractivity contribution is 6.53. The third kappa shape index (κ3) is 4.44. The largest absolute Gasteiger partial charge is 0.495 e. The Hall–Kier alpha value is -4.10. The van der Waals surface area contributed by atoms with E-state index in [9.17, 15) is 14.4 Å². The predicted octanol–water partition coefficient (Wildman–Crippen LogP) is 4.66. The summed E-state index contributed by atoms with van der Waals surface area (Å²) in [4.78, 5) is 39.0. The fourth-order valence-corrected chi connectivity index (χ4v) is 3.46. The Labute approximate surface area is 195 Å². The third-order valence-corrected chi connectivity index (χ3v) is 5.33. The van der Waals surface area contributed by atoms with Crippen LogP contribution in [0.25, 0.3) is 0 Å². The molecule has 33 heavy (non-hydrogen) atoms. The quantitative estimate of drug-likeness (QED) is 0.326. The molecule has 0 fully saturated rings. The number of esters is 1. The van der Waals surface area contributed by atoms with Crippen molar-refractivity contribution < 1.29 is 23.9 Å². The fraction of sp³-hybridized carbons (Fsp3) is 0.0800. The van der Waals surface area contributed by atoms with Crippen LogP contribution in [-0.2, 0) is 9.59 Å². The molecule has 1 aliphatic heterocycles. The first-order chi connectivity index (χ1) is 15.9. The summed E-state index contributed by atoms with van der Waals surface area (Å²) in [5, 5.41) is 2.63. The number of benzene rings is 3. The van der Waals surface area contributed by atoms with Crippen LogP contribution in [0.5, 0.6) is 11.5 Å². The van der Waals surface area contributed by atoms with E-state index < -0.39 is 17.8 Å². The lowest BCUT2D eigenvalue weighted by atomic mass is 10.2. The number of aryl methyl sites for hydroxylation is 1. The van der Waals surface area contributed by atoms with Crippen molar-refractivity contribution in [3.63, 3.8) is 0 Å². The van der Waals surface area contributed by atoms with Crippen molar-refractivity contribution in [2.24, 2.45) is 0 Å². The van der Waals surface area contributed by atoms with Crippen molar-refractivity contribution in [3.8, 4) is 11.5 Å². The normalized spacial score (nSPS) is 13.4. The SMILES string of the molecule is COc1ccccc1N1C(=O)C(Cl)=C(Nc2ccc(C(=O)Oc3ccc(C)cc3)cc2)C1=O. The highest BCUT2D eigenvalue weighted by atomic mass is 35.5. The Bertz CT molecular complexity index is 1270. The molecule has 0 atom stereocenters. The number of nitrogens with one attached hydrogen (secondary N) is 1. The lowest BCUT2D eigenvalue weighted by Crippen LogP contribution is -2.32. The summed E-state index contributed by atoms with van der Waals surface area (Å²) in [5.41, 5.74) is 2.08. The minimum Gasteiger partial charge on any atom is -0.495 e. The van der Waals surface area contributed by atoms with Crippen molar-refractivity contribution in [1.29, 1.82) is 0 Å². The van der Waals surface area contributed by atoms with E-state index in [-0.39, 0.29) is 10.7 Å². The Morgan fingerprint density at radius 2 is 1.58 bits per heavy atom. The first-order valence-electron chi connectivity index (χ1n) is 9.96. The van der Waals surface area contributed by atoms with Gasteiger partial charge >= 0.3 is 5.97 Å². The molecular formula is C25H19ClN2O5. The van der Waals surface area contributed by atoms with Crippen LogP contribution in [0.1, 0.15) is 15.9 Å². The maximum absolute atomic E-state index is 13.0. The number of rotatable bonds is 6. The lowest BCUT2D eigenvalue weighted by molar-refractivity contribution is -0.120. The second-order valence-electron chi connectivity index (χ2n) is 7.21. The molecule has 0 saturated heterocycles. The second kappa shape index (κ2) is 9.18. The number of carbonyl (C=O) groups is 3. The van der Waals surface area contributed by atoms with Crippen LogP contribution < -0.4 is 19.7 Å². The van der Waals surface area contributed by atoms with Gasteiger partial charge in [-0.05, 0) is 55.5 Å². The van der Waals surface area contributed by atoms with Gasteiger partial charge in [0.1, 0.15) is 22.2 Å². The number of amides is 2. The number of carbonyl (C=O) groups excluding carboxylic acids is 3. The molecule has 0 bridgehead atoms. The average Bonchev–Trinajstić information content (AvgIpc) is 3.04. The number of hydrogen-bond donors (Lipinski definition) is 1. The summed E-state index contributed by atoms with van der Waals surface area (Å²) in [7, 11) is 1.45.